The van der Waals surface area contributed by atoms with Gasteiger partial charge in [0.1, 0.15) is 11.8 Å². The average molecular weight is 237 g/mol. The van der Waals surface area contributed by atoms with Crippen LogP contribution in [0, 0.1) is 11.3 Å². The molecule has 1 N–H and O–H groups in total. The molecular weight excluding hydrogens is 226 g/mol. The van der Waals surface area contributed by atoms with Crippen LogP contribution < -0.4 is 4.74 Å². The van der Waals surface area contributed by atoms with Crippen LogP contribution in [0.1, 0.15) is 12.5 Å². The third-order valence-corrected chi connectivity index (χ3v) is 2.78. The molecule has 4 nitrogen and oxygen atoms in total. The van der Waals surface area contributed by atoms with Crippen LogP contribution in [0.4, 0.5) is 0 Å². The third kappa shape index (κ3) is 3.48. The molecule has 5 heteroatoms. The first-order valence-corrected chi connectivity index (χ1v) is 5.67. The number of benzene rings is 1. The summed E-state index contributed by atoms with van der Waals surface area (Å²) in [5.74, 6) is -0.324. The molecule has 0 amide bonds. The van der Waals surface area contributed by atoms with Gasteiger partial charge in [-0.05, 0) is 25.1 Å². The van der Waals surface area contributed by atoms with E-state index in [4.69, 9.17) is 15.1 Å². The number of thioether (sulfide) groups is 1. The van der Waals surface area contributed by atoms with Crippen molar-refractivity contribution in [1.29, 1.82) is 5.26 Å². The minimum absolute atomic E-state index is 0.0652. The Hall–Kier alpha value is -1.67. The summed E-state index contributed by atoms with van der Waals surface area (Å²) in [4.78, 5) is 11.1. The smallest absolute Gasteiger partial charge is 0.313 e. The van der Waals surface area contributed by atoms with Crippen LogP contribution in [0.3, 0.4) is 0 Å². The number of carbonyl (C=O) groups is 1. The Morgan fingerprint density at radius 2 is 2.38 bits per heavy atom. The zero-order valence-corrected chi connectivity index (χ0v) is 9.58. The van der Waals surface area contributed by atoms with Gasteiger partial charge in [0.25, 0.3) is 0 Å². The highest BCUT2D eigenvalue weighted by Crippen LogP contribution is 2.26. The fraction of sp³-hybridized carbons (Fsp3) is 0.273. The molecule has 16 heavy (non-hydrogen) atoms. The molecule has 0 atom stereocenters. The molecule has 0 fully saturated rings. The number of nitriles is 1. The Morgan fingerprint density at radius 1 is 1.62 bits per heavy atom. The Morgan fingerprint density at radius 3 is 2.94 bits per heavy atom. The van der Waals surface area contributed by atoms with Gasteiger partial charge in [-0.3, -0.25) is 4.79 Å². The molecule has 1 aromatic rings. The molecule has 0 spiro atoms. The minimum Gasteiger partial charge on any atom is -0.494 e. The Labute approximate surface area is 97.8 Å². The van der Waals surface area contributed by atoms with Crippen molar-refractivity contribution in [1.82, 2.24) is 0 Å². The summed E-state index contributed by atoms with van der Waals surface area (Å²) in [6, 6.07) is 7.04. The van der Waals surface area contributed by atoms with E-state index in [1.165, 1.54) is 0 Å². The number of carboxylic acid groups (broad SMARTS) is 1. The Bertz CT molecular complexity index is 426. The summed E-state index contributed by atoms with van der Waals surface area (Å²) in [5.41, 5.74) is 0.467. The first-order valence-electron chi connectivity index (χ1n) is 4.69. The number of rotatable bonds is 5. The predicted octanol–water partition coefficient (Wildman–Crippen LogP) is 2.13. The molecule has 0 heterocycles. The van der Waals surface area contributed by atoms with Crippen molar-refractivity contribution < 1.29 is 14.6 Å². The van der Waals surface area contributed by atoms with E-state index in [0.717, 1.165) is 11.8 Å². The number of nitrogens with zero attached hydrogens (tertiary/aromatic N) is 1. The van der Waals surface area contributed by atoms with Gasteiger partial charge in [-0.1, -0.05) is 0 Å². The van der Waals surface area contributed by atoms with E-state index in [1.807, 2.05) is 13.0 Å². The van der Waals surface area contributed by atoms with Gasteiger partial charge in [0.15, 0.2) is 0 Å². The minimum atomic E-state index is -0.907. The second kappa shape index (κ2) is 6.03. The maximum Gasteiger partial charge on any atom is 0.313 e. The maximum absolute atomic E-state index is 10.4. The molecule has 0 saturated carbocycles. The monoisotopic (exact) mass is 237 g/mol. The molecule has 0 unspecified atom stereocenters. The van der Waals surface area contributed by atoms with Gasteiger partial charge in [-0.2, -0.15) is 5.26 Å². The Kier molecular flexibility index (Phi) is 4.67. The second-order valence-electron chi connectivity index (χ2n) is 2.89. The molecule has 0 radical (unpaired) electrons. The standard InChI is InChI=1S/C11H11NO3S/c1-2-15-9-4-3-8(6-12)10(5-9)16-7-11(13)14/h3-5H,2,7H2,1H3,(H,13,14). The highest BCUT2D eigenvalue weighted by atomic mass is 32.2. The lowest BCUT2D eigenvalue weighted by Crippen LogP contribution is -1.98. The maximum atomic E-state index is 10.4. The van der Waals surface area contributed by atoms with E-state index in [9.17, 15) is 4.79 Å². The summed E-state index contributed by atoms with van der Waals surface area (Å²) in [7, 11) is 0. The van der Waals surface area contributed by atoms with Crippen LogP contribution in [0.5, 0.6) is 5.75 Å². The summed E-state index contributed by atoms with van der Waals surface area (Å²) in [6.45, 7) is 2.40. The molecule has 0 aliphatic heterocycles. The van der Waals surface area contributed by atoms with E-state index < -0.39 is 5.97 Å². The SMILES string of the molecule is CCOc1ccc(C#N)c(SCC(=O)O)c1. The summed E-state index contributed by atoms with van der Waals surface area (Å²) < 4.78 is 5.28. The first-order chi connectivity index (χ1) is 7.67. The van der Waals surface area contributed by atoms with Gasteiger partial charge in [0, 0.05) is 4.90 Å². The molecule has 0 aromatic heterocycles. The van der Waals surface area contributed by atoms with Gasteiger partial charge >= 0.3 is 5.97 Å². The number of hydrogen-bond acceptors (Lipinski definition) is 4. The van der Waals surface area contributed by atoms with E-state index in [1.54, 1.807) is 18.2 Å². The zero-order valence-electron chi connectivity index (χ0n) is 8.77. The van der Waals surface area contributed by atoms with Crippen molar-refractivity contribution in [2.45, 2.75) is 11.8 Å². The molecule has 0 saturated heterocycles. The predicted molar refractivity (Wildman–Crippen MR) is 60.7 cm³/mol. The molecule has 1 aromatic carbocycles. The largest absolute Gasteiger partial charge is 0.494 e. The quantitative estimate of drug-likeness (QED) is 0.794. The number of carboxylic acids is 1. The van der Waals surface area contributed by atoms with Gasteiger partial charge in [-0.25, -0.2) is 0 Å². The van der Waals surface area contributed by atoms with Crippen LogP contribution >= 0.6 is 11.8 Å². The molecular formula is C11H11NO3S. The van der Waals surface area contributed by atoms with Gasteiger partial charge in [0.05, 0.1) is 17.9 Å². The van der Waals surface area contributed by atoms with Gasteiger partial charge < -0.3 is 9.84 Å². The average Bonchev–Trinajstić information content (AvgIpc) is 2.27. The van der Waals surface area contributed by atoms with Crippen LogP contribution in [0.2, 0.25) is 0 Å². The van der Waals surface area contributed by atoms with Gasteiger partial charge in [0.2, 0.25) is 0 Å². The summed E-state index contributed by atoms with van der Waals surface area (Å²) in [5, 5.41) is 17.4. The highest BCUT2D eigenvalue weighted by molar-refractivity contribution is 8.00. The zero-order chi connectivity index (χ0) is 12.0. The fourth-order valence-electron chi connectivity index (χ4n) is 1.11. The normalized spacial score (nSPS) is 9.50. The summed E-state index contributed by atoms with van der Waals surface area (Å²) in [6.07, 6.45) is 0. The molecule has 84 valence electrons. The highest BCUT2D eigenvalue weighted by Gasteiger charge is 2.07. The lowest BCUT2D eigenvalue weighted by atomic mass is 10.2. The second-order valence-corrected chi connectivity index (χ2v) is 3.90. The van der Waals surface area contributed by atoms with Crippen LogP contribution in [-0.2, 0) is 4.79 Å². The van der Waals surface area contributed by atoms with E-state index in [-0.39, 0.29) is 5.75 Å². The fourth-order valence-corrected chi connectivity index (χ4v) is 1.86. The van der Waals surface area contributed by atoms with Crippen molar-refractivity contribution in [3.05, 3.63) is 23.8 Å². The third-order valence-electron chi connectivity index (χ3n) is 1.74. The number of hydrogen-bond donors (Lipinski definition) is 1. The number of ether oxygens (including phenoxy) is 1. The van der Waals surface area contributed by atoms with Crippen LogP contribution in [0.15, 0.2) is 23.1 Å². The van der Waals surface area contributed by atoms with Crippen molar-refractivity contribution in [2.24, 2.45) is 0 Å². The van der Waals surface area contributed by atoms with E-state index in [2.05, 4.69) is 0 Å². The molecule has 1 rings (SSSR count). The Balaban J connectivity index is 2.89. The lowest BCUT2D eigenvalue weighted by molar-refractivity contribution is -0.133. The first kappa shape index (κ1) is 12.4. The van der Waals surface area contributed by atoms with Crippen molar-refractivity contribution in [2.75, 3.05) is 12.4 Å². The van der Waals surface area contributed by atoms with E-state index >= 15 is 0 Å². The summed E-state index contributed by atoms with van der Waals surface area (Å²) >= 11 is 1.12. The topological polar surface area (TPSA) is 70.3 Å². The molecule has 0 bridgehead atoms. The number of aliphatic carboxylic acids is 1. The molecule has 0 aliphatic rings. The van der Waals surface area contributed by atoms with Crippen LogP contribution in [-0.4, -0.2) is 23.4 Å². The van der Waals surface area contributed by atoms with Crippen molar-refractivity contribution >= 4 is 17.7 Å². The van der Waals surface area contributed by atoms with Crippen LogP contribution in [0.25, 0.3) is 0 Å². The lowest BCUT2D eigenvalue weighted by Gasteiger charge is -2.06. The van der Waals surface area contributed by atoms with Gasteiger partial charge in [-0.15, -0.1) is 11.8 Å². The van der Waals surface area contributed by atoms with E-state index in [0.29, 0.717) is 22.8 Å². The van der Waals surface area contributed by atoms with Crippen molar-refractivity contribution in [3.8, 4) is 11.8 Å². The molecule has 0 aliphatic carbocycles. The van der Waals surface area contributed by atoms with Crippen molar-refractivity contribution in [3.63, 3.8) is 0 Å².